The number of phenolic OH excluding ortho intramolecular Hbond substituents is 1. The molecule has 0 atom stereocenters. The second-order valence-electron chi connectivity index (χ2n) is 4.10. The summed E-state index contributed by atoms with van der Waals surface area (Å²) in [6, 6.07) is 13.0. The number of rotatable bonds is 2. The van der Waals surface area contributed by atoms with E-state index >= 15 is 0 Å². The molecule has 0 aliphatic heterocycles. The van der Waals surface area contributed by atoms with Gasteiger partial charge in [-0.1, -0.05) is 23.7 Å². The average Bonchev–Trinajstić information content (AvgIpc) is 2.32. The highest BCUT2D eigenvalue weighted by Crippen LogP contribution is 2.32. The van der Waals surface area contributed by atoms with Crippen LogP contribution in [0.2, 0.25) is 5.02 Å². The van der Waals surface area contributed by atoms with Crippen LogP contribution in [-0.2, 0) is 0 Å². The van der Waals surface area contributed by atoms with E-state index in [0.717, 1.165) is 16.8 Å². The Morgan fingerprint density at radius 2 is 1.65 bits per heavy atom. The number of phenols is 1. The van der Waals surface area contributed by atoms with Crippen molar-refractivity contribution in [2.45, 2.75) is 0 Å². The minimum absolute atomic E-state index is 0.243. The first kappa shape index (κ1) is 11.8. The second kappa shape index (κ2) is 4.68. The van der Waals surface area contributed by atoms with Crippen LogP contribution in [0.3, 0.4) is 0 Å². The predicted octanol–water partition coefficient (Wildman–Crippen LogP) is 3.78. The molecule has 0 heterocycles. The van der Waals surface area contributed by atoms with E-state index in [1.165, 1.54) is 0 Å². The van der Waals surface area contributed by atoms with Crippen molar-refractivity contribution in [1.82, 2.24) is 0 Å². The zero-order valence-corrected chi connectivity index (χ0v) is 10.6. The van der Waals surface area contributed by atoms with Gasteiger partial charge < -0.3 is 10.0 Å². The molecule has 0 radical (unpaired) electrons. The Kier molecular flexibility index (Phi) is 3.25. The van der Waals surface area contributed by atoms with Gasteiger partial charge in [0.25, 0.3) is 0 Å². The zero-order valence-electron chi connectivity index (χ0n) is 9.81. The average molecular weight is 248 g/mol. The highest BCUT2D eigenvalue weighted by atomic mass is 35.5. The Morgan fingerprint density at radius 1 is 1.00 bits per heavy atom. The predicted molar refractivity (Wildman–Crippen MR) is 72.9 cm³/mol. The molecule has 0 aliphatic rings. The lowest BCUT2D eigenvalue weighted by Gasteiger charge is -2.13. The second-order valence-corrected chi connectivity index (χ2v) is 4.54. The molecule has 0 aliphatic carbocycles. The summed E-state index contributed by atoms with van der Waals surface area (Å²) in [6.07, 6.45) is 0. The summed E-state index contributed by atoms with van der Waals surface area (Å²) in [4.78, 5) is 2.03. The van der Waals surface area contributed by atoms with Crippen molar-refractivity contribution >= 4 is 17.3 Å². The van der Waals surface area contributed by atoms with Gasteiger partial charge in [-0.3, -0.25) is 0 Å². The Bertz CT molecular complexity index is 520. The van der Waals surface area contributed by atoms with Crippen molar-refractivity contribution in [1.29, 1.82) is 0 Å². The lowest BCUT2D eigenvalue weighted by Crippen LogP contribution is -2.07. The van der Waals surface area contributed by atoms with Gasteiger partial charge in [0.1, 0.15) is 5.75 Å². The molecule has 3 heteroatoms. The molecule has 2 aromatic carbocycles. The molecular formula is C14H14ClNO. The minimum atomic E-state index is 0.243. The van der Waals surface area contributed by atoms with Crippen molar-refractivity contribution in [2.24, 2.45) is 0 Å². The maximum absolute atomic E-state index is 9.80. The maximum atomic E-state index is 9.80. The summed E-state index contributed by atoms with van der Waals surface area (Å²) in [7, 11) is 3.98. The van der Waals surface area contributed by atoms with Crippen LogP contribution >= 0.6 is 11.6 Å². The summed E-state index contributed by atoms with van der Waals surface area (Å²) in [5.74, 6) is 0.243. The molecule has 0 amide bonds. The van der Waals surface area contributed by atoms with Gasteiger partial charge in [-0.2, -0.15) is 0 Å². The first-order valence-electron chi connectivity index (χ1n) is 5.34. The monoisotopic (exact) mass is 247 g/mol. The van der Waals surface area contributed by atoms with Gasteiger partial charge in [0.05, 0.1) is 0 Å². The van der Waals surface area contributed by atoms with E-state index in [1.54, 1.807) is 18.2 Å². The highest BCUT2D eigenvalue weighted by Gasteiger charge is 2.05. The highest BCUT2D eigenvalue weighted by molar-refractivity contribution is 6.31. The first-order chi connectivity index (χ1) is 8.08. The smallest absolute Gasteiger partial charge is 0.123 e. The van der Waals surface area contributed by atoms with E-state index in [9.17, 15) is 5.11 Å². The van der Waals surface area contributed by atoms with E-state index in [1.807, 2.05) is 43.3 Å². The summed E-state index contributed by atoms with van der Waals surface area (Å²) >= 11 is 5.93. The van der Waals surface area contributed by atoms with E-state index < -0.39 is 0 Å². The van der Waals surface area contributed by atoms with Crippen LogP contribution in [0.5, 0.6) is 5.75 Å². The molecule has 2 rings (SSSR count). The van der Waals surface area contributed by atoms with Crippen LogP contribution in [0, 0.1) is 0 Å². The van der Waals surface area contributed by atoms with Gasteiger partial charge >= 0.3 is 0 Å². The van der Waals surface area contributed by atoms with Gasteiger partial charge in [0.2, 0.25) is 0 Å². The van der Waals surface area contributed by atoms with Gasteiger partial charge in [0.15, 0.2) is 0 Å². The van der Waals surface area contributed by atoms with Crippen LogP contribution in [0.1, 0.15) is 0 Å². The molecule has 2 nitrogen and oxygen atoms in total. The maximum Gasteiger partial charge on any atom is 0.123 e. The number of aromatic hydroxyl groups is 1. The molecule has 2 aromatic rings. The van der Waals surface area contributed by atoms with Gasteiger partial charge in [0, 0.05) is 30.4 Å². The largest absolute Gasteiger partial charge is 0.507 e. The van der Waals surface area contributed by atoms with Crippen LogP contribution in [-0.4, -0.2) is 19.2 Å². The molecule has 0 saturated carbocycles. The Labute approximate surface area is 106 Å². The fourth-order valence-electron chi connectivity index (χ4n) is 1.68. The summed E-state index contributed by atoms with van der Waals surface area (Å²) in [6.45, 7) is 0. The number of hydrogen-bond donors (Lipinski definition) is 1. The first-order valence-corrected chi connectivity index (χ1v) is 5.72. The topological polar surface area (TPSA) is 23.5 Å². The molecular weight excluding hydrogens is 234 g/mol. The Balaban J connectivity index is 2.43. The third kappa shape index (κ3) is 2.53. The molecule has 1 N–H and O–H groups in total. The fraction of sp³-hybridized carbons (Fsp3) is 0.143. The molecule has 17 heavy (non-hydrogen) atoms. The Hall–Kier alpha value is -1.67. The normalized spacial score (nSPS) is 10.3. The van der Waals surface area contributed by atoms with Crippen molar-refractivity contribution in [3.63, 3.8) is 0 Å². The molecule has 88 valence electrons. The van der Waals surface area contributed by atoms with Crippen molar-refractivity contribution < 1.29 is 5.11 Å². The number of nitrogens with zero attached hydrogens (tertiary/aromatic N) is 1. The Morgan fingerprint density at radius 3 is 2.24 bits per heavy atom. The fourth-order valence-corrected chi connectivity index (χ4v) is 1.85. The molecule has 0 spiro atoms. The molecule has 0 bridgehead atoms. The summed E-state index contributed by atoms with van der Waals surface area (Å²) in [5, 5.41) is 10.4. The van der Waals surface area contributed by atoms with E-state index in [0.29, 0.717) is 5.02 Å². The van der Waals surface area contributed by atoms with E-state index in [-0.39, 0.29) is 5.75 Å². The number of halogens is 1. The van der Waals surface area contributed by atoms with E-state index in [2.05, 4.69) is 0 Å². The number of hydrogen-bond acceptors (Lipinski definition) is 2. The molecule has 0 unspecified atom stereocenters. The van der Waals surface area contributed by atoms with Crippen LogP contribution in [0.15, 0.2) is 42.5 Å². The van der Waals surface area contributed by atoms with Crippen LogP contribution < -0.4 is 4.90 Å². The van der Waals surface area contributed by atoms with E-state index in [4.69, 9.17) is 11.6 Å². The molecule has 0 fully saturated rings. The van der Waals surface area contributed by atoms with Crippen LogP contribution in [0.25, 0.3) is 11.1 Å². The third-order valence-corrected chi connectivity index (χ3v) is 2.89. The standard InChI is InChI=1S/C14H14ClNO/c1-16(2)12-6-3-10(4-7-12)13-9-11(15)5-8-14(13)17/h3-9,17H,1-2H3. The minimum Gasteiger partial charge on any atom is -0.507 e. The quantitative estimate of drug-likeness (QED) is 0.873. The molecule has 0 saturated heterocycles. The number of anilines is 1. The third-order valence-electron chi connectivity index (χ3n) is 2.65. The summed E-state index contributed by atoms with van der Waals surface area (Å²) in [5.41, 5.74) is 2.83. The number of benzene rings is 2. The SMILES string of the molecule is CN(C)c1ccc(-c2cc(Cl)ccc2O)cc1. The van der Waals surface area contributed by atoms with Crippen molar-refractivity contribution in [3.05, 3.63) is 47.5 Å². The lowest BCUT2D eigenvalue weighted by atomic mass is 10.0. The van der Waals surface area contributed by atoms with Crippen LogP contribution in [0.4, 0.5) is 5.69 Å². The lowest BCUT2D eigenvalue weighted by molar-refractivity contribution is 0.477. The van der Waals surface area contributed by atoms with Gasteiger partial charge in [-0.05, 0) is 35.9 Å². The van der Waals surface area contributed by atoms with Gasteiger partial charge in [-0.15, -0.1) is 0 Å². The van der Waals surface area contributed by atoms with Gasteiger partial charge in [-0.25, -0.2) is 0 Å². The van der Waals surface area contributed by atoms with Crippen molar-refractivity contribution in [2.75, 3.05) is 19.0 Å². The molecule has 0 aromatic heterocycles. The summed E-state index contributed by atoms with van der Waals surface area (Å²) < 4.78 is 0. The van der Waals surface area contributed by atoms with Crippen molar-refractivity contribution in [3.8, 4) is 16.9 Å². The zero-order chi connectivity index (χ0) is 12.4.